The first-order chi connectivity index (χ1) is 13.8. The summed E-state index contributed by atoms with van der Waals surface area (Å²) < 4.78 is 33.0. The molecule has 1 amide bonds. The molecule has 2 aromatic rings. The van der Waals surface area contributed by atoms with Gasteiger partial charge in [0.2, 0.25) is 10.0 Å². The number of nitrogens with zero attached hydrogens (tertiary/aromatic N) is 2. The molecule has 2 aromatic carbocycles. The summed E-state index contributed by atoms with van der Waals surface area (Å²) in [4.78, 5) is 14.6. The second-order valence-electron chi connectivity index (χ2n) is 7.23. The average Bonchev–Trinajstić information content (AvgIpc) is 2.74. The Balaban J connectivity index is 1.85. The third kappa shape index (κ3) is 4.71. The number of carbonyl (C=O) groups is 1. The van der Waals surface area contributed by atoms with E-state index in [2.05, 4.69) is 5.32 Å². The van der Waals surface area contributed by atoms with Crippen LogP contribution in [0.5, 0.6) is 5.75 Å². The van der Waals surface area contributed by atoms with Gasteiger partial charge in [-0.1, -0.05) is 6.42 Å². The molecule has 0 radical (unpaired) electrons. The van der Waals surface area contributed by atoms with Gasteiger partial charge in [0.1, 0.15) is 10.6 Å². The van der Waals surface area contributed by atoms with Crippen LogP contribution in [-0.4, -0.2) is 52.9 Å². The summed E-state index contributed by atoms with van der Waals surface area (Å²) in [6.07, 6.45) is 2.73. The molecular formula is C21H27N3O4S. The molecule has 0 bridgehead atoms. The maximum Gasteiger partial charge on any atom is 0.255 e. The Bertz CT molecular complexity index is 966. The summed E-state index contributed by atoms with van der Waals surface area (Å²) in [6, 6.07) is 11.9. The van der Waals surface area contributed by atoms with Crippen molar-refractivity contribution in [3.05, 3.63) is 48.0 Å². The van der Waals surface area contributed by atoms with E-state index in [0.717, 1.165) is 24.9 Å². The molecule has 0 atom stereocenters. The van der Waals surface area contributed by atoms with Gasteiger partial charge in [-0.3, -0.25) is 4.79 Å². The van der Waals surface area contributed by atoms with Gasteiger partial charge in [-0.25, -0.2) is 8.42 Å². The fraction of sp³-hybridized carbons (Fsp3) is 0.381. The molecule has 1 heterocycles. The first-order valence-corrected chi connectivity index (χ1v) is 11.0. The van der Waals surface area contributed by atoms with Crippen molar-refractivity contribution >= 4 is 27.3 Å². The van der Waals surface area contributed by atoms with Gasteiger partial charge in [0.05, 0.1) is 7.11 Å². The zero-order valence-electron chi connectivity index (χ0n) is 17.0. The molecule has 0 unspecified atom stereocenters. The number of benzene rings is 2. The summed E-state index contributed by atoms with van der Waals surface area (Å²) in [7, 11) is 1.60. The number of nitrogens with one attached hydrogen (secondary N) is 1. The topological polar surface area (TPSA) is 79.0 Å². The van der Waals surface area contributed by atoms with Gasteiger partial charge in [-0.2, -0.15) is 4.31 Å². The first-order valence-electron chi connectivity index (χ1n) is 9.60. The van der Waals surface area contributed by atoms with Gasteiger partial charge in [-0.15, -0.1) is 0 Å². The minimum Gasteiger partial charge on any atom is -0.495 e. The smallest absolute Gasteiger partial charge is 0.255 e. The molecule has 3 rings (SSSR count). The minimum atomic E-state index is -3.69. The maximum absolute atomic E-state index is 13.1. The summed E-state index contributed by atoms with van der Waals surface area (Å²) in [5.74, 6) is -0.0364. The number of piperidine rings is 1. The van der Waals surface area contributed by atoms with Crippen LogP contribution in [-0.2, 0) is 10.0 Å². The van der Waals surface area contributed by atoms with Crippen molar-refractivity contribution in [3.8, 4) is 5.75 Å². The number of rotatable bonds is 6. The molecular weight excluding hydrogens is 390 g/mol. The molecule has 1 saturated heterocycles. The molecule has 1 aliphatic heterocycles. The Labute approximate surface area is 172 Å². The van der Waals surface area contributed by atoms with E-state index in [9.17, 15) is 13.2 Å². The number of hydrogen-bond donors (Lipinski definition) is 1. The molecule has 1 N–H and O–H groups in total. The van der Waals surface area contributed by atoms with Crippen LogP contribution in [0.2, 0.25) is 0 Å². The SMILES string of the molecule is COc1ccc(NC(=O)c2ccc(N(C)C)cc2)cc1S(=O)(=O)N1CCCCC1. The van der Waals surface area contributed by atoms with Crippen LogP contribution in [0.15, 0.2) is 47.4 Å². The Morgan fingerprint density at radius 3 is 2.28 bits per heavy atom. The van der Waals surface area contributed by atoms with Gasteiger partial charge >= 0.3 is 0 Å². The van der Waals surface area contributed by atoms with Crippen molar-refractivity contribution < 1.29 is 17.9 Å². The molecule has 0 aliphatic carbocycles. The number of carbonyl (C=O) groups excluding carboxylic acids is 1. The van der Waals surface area contributed by atoms with Crippen LogP contribution >= 0.6 is 0 Å². The van der Waals surface area contributed by atoms with E-state index < -0.39 is 10.0 Å². The van der Waals surface area contributed by atoms with Gasteiger partial charge in [0, 0.05) is 44.1 Å². The maximum atomic E-state index is 13.1. The normalized spacial score (nSPS) is 15.0. The summed E-state index contributed by atoms with van der Waals surface area (Å²) in [5, 5.41) is 2.78. The predicted molar refractivity (Wildman–Crippen MR) is 114 cm³/mol. The average molecular weight is 418 g/mol. The third-order valence-electron chi connectivity index (χ3n) is 5.00. The number of anilines is 2. The quantitative estimate of drug-likeness (QED) is 0.781. The van der Waals surface area contributed by atoms with E-state index in [1.54, 1.807) is 24.3 Å². The fourth-order valence-corrected chi connectivity index (χ4v) is 5.01. The van der Waals surface area contributed by atoms with Gasteiger partial charge in [-0.05, 0) is 55.3 Å². The summed E-state index contributed by atoms with van der Waals surface area (Å²) in [5.41, 5.74) is 1.89. The molecule has 156 valence electrons. The van der Waals surface area contributed by atoms with Crippen molar-refractivity contribution in [3.63, 3.8) is 0 Å². The fourth-order valence-electron chi connectivity index (χ4n) is 3.31. The highest BCUT2D eigenvalue weighted by Crippen LogP contribution is 2.31. The van der Waals surface area contributed by atoms with E-state index in [-0.39, 0.29) is 16.6 Å². The lowest BCUT2D eigenvalue weighted by Crippen LogP contribution is -2.35. The zero-order chi connectivity index (χ0) is 21.0. The van der Waals surface area contributed by atoms with E-state index in [4.69, 9.17) is 4.74 Å². The summed E-state index contributed by atoms with van der Waals surface area (Å²) in [6.45, 7) is 1.00. The highest BCUT2D eigenvalue weighted by molar-refractivity contribution is 7.89. The second kappa shape index (κ2) is 8.84. The van der Waals surface area contributed by atoms with Crippen molar-refractivity contribution in [1.82, 2.24) is 4.31 Å². The Hall–Kier alpha value is -2.58. The number of sulfonamides is 1. The molecule has 1 aliphatic rings. The van der Waals surface area contributed by atoms with Crippen LogP contribution in [0, 0.1) is 0 Å². The lowest BCUT2D eigenvalue weighted by molar-refractivity contribution is 0.102. The monoisotopic (exact) mass is 417 g/mol. The van der Waals surface area contributed by atoms with Crippen LogP contribution < -0.4 is 15.0 Å². The standard InChI is InChI=1S/C21H27N3O4S/c1-23(2)18-10-7-16(8-11-18)21(25)22-17-9-12-19(28-3)20(15-17)29(26,27)24-13-5-4-6-14-24/h7-12,15H,4-6,13-14H2,1-3H3,(H,22,25). The Morgan fingerprint density at radius 1 is 1.03 bits per heavy atom. The van der Waals surface area contributed by atoms with Crippen molar-refractivity contribution in [2.45, 2.75) is 24.2 Å². The second-order valence-corrected chi connectivity index (χ2v) is 9.13. The van der Waals surface area contributed by atoms with Crippen LogP contribution in [0.3, 0.4) is 0 Å². The van der Waals surface area contributed by atoms with E-state index in [0.29, 0.717) is 24.3 Å². The molecule has 0 saturated carbocycles. The number of amides is 1. The highest BCUT2D eigenvalue weighted by atomic mass is 32.2. The number of ether oxygens (including phenoxy) is 1. The lowest BCUT2D eigenvalue weighted by Gasteiger charge is -2.26. The predicted octanol–water partition coefficient (Wildman–Crippen LogP) is 3.19. The lowest BCUT2D eigenvalue weighted by atomic mass is 10.2. The highest BCUT2D eigenvalue weighted by Gasteiger charge is 2.29. The molecule has 0 spiro atoms. The van der Waals surface area contributed by atoms with Crippen LogP contribution in [0.4, 0.5) is 11.4 Å². The van der Waals surface area contributed by atoms with Crippen molar-refractivity contribution in [2.75, 3.05) is 44.5 Å². The zero-order valence-corrected chi connectivity index (χ0v) is 17.8. The van der Waals surface area contributed by atoms with Gasteiger partial charge in [0.15, 0.2) is 0 Å². The first kappa shape index (κ1) is 21.1. The van der Waals surface area contributed by atoms with Crippen LogP contribution in [0.1, 0.15) is 29.6 Å². The van der Waals surface area contributed by atoms with Gasteiger partial charge < -0.3 is 15.0 Å². The number of hydrogen-bond acceptors (Lipinski definition) is 5. The molecule has 8 heteroatoms. The Kier molecular flexibility index (Phi) is 6.44. The minimum absolute atomic E-state index is 0.0719. The van der Waals surface area contributed by atoms with Crippen molar-refractivity contribution in [2.24, 2.45) is 0 Å². The number of methoxy groups -OCH3 is 1. The van der Waals surface area contributed by atoms with Gasteiger partial charge in [0.25, 0.3) is 5.91 Å². The van der Waals surface area contributed by atoms with Crippen LogP contribution in [0.25, 0.3) is 0 Å². The van der Waals surface area contributed by atoms with E-state index in [1.807, 2.05) is 31.1 Å². The molecule has 1 fully saturated rings. The largest absolute Gasteiger partial charge is 0.495 e. The molecule has 29 heavy (non-hydrogen) atoms. The molecule has 0 aromatic heterocycles. The summed E-state index contributed by atoms with van der Waals surface area (Å²) >= 11 is 0. The van der Waals surface area contributed by atoms with E-state index in [1.165, 1.54) is 17.5 Å². The third-order valence-corrected chi connectivity index (χ3v) is 6.92. The van der Waals surface area contributed by atoms with E-state index >= 15 is 0 Å². The van der Waals surface area contributed by atoms with Crippen molar-refractivity contribution in [1.29, 1.82) is 0 Å². The molecule has 7 nitrogen and oxygen atoms in total. The Morgan fingerprint density at radius 2 is 1.69 bits per heavy atom.